The lowest BCUT2D eigenvalue weighted by molar-refractivity contribution is -0.0854. The summed E-state index contributed by atoms with van der Waals surface area (Å²) in [5, 5.41) is 0. The van der Waals surface area contributed by atoms with Gasteiger partial charge in [0.15, 0.2) is 0 Å². The molecule has 0 aromatic heterocycles. The van der Waals surface area contributed by atoms with E-state index in [9.17, 15) is 9.59 Å². The lowest BCUT2D eigenvalue weighted by atomic mass is 9.95. The molecule has 0 N–H and O–H groups in total. The van der Waals surface area contributed by atoms with Gasteiger partial charge in [-0.15, -0.1) is 0 Å². The van der Waals surface area contributed by atoms with Crippen LogP contribution < -0.4 is 0 Å². The molecule has 26 heavy (non-hydrogen) atoms. The standard InChI is InChI=1S/C20H36O6/c1-15(2)11-7-6-10-14-23-18(21)24-16-12-8-9-13-17(16)25-19(22)26-20(3,4)5/h15-17H,6-14H2,1-5H3. The van der Waals surface area contributed by atoms with Gasteiger partial charge >= 0.3 is 12.3 Å². The Morgan fingerprint density at radius 1 is 0.923 bits per heavy atom. The number of rotatable bonds is 8. The van der Waals surface area contributed by atoms with E-state index in [1.807, 2.05) is 0 Å². The van der Waals surface area contributed by atoms with Gasteiger partial charge < -0.3 is 18.9 Å². The Hall–Kier alpha value is -1.46. The van der Waals surface area contributed by atoms with E-state index in [1.54, 1.807) is 20.8 Å². The monoisotopic (exact) mass is 372 g/mol. The van der Waals surface area contributed by atoms with Crippen molar-refractivity contribution in [2.75, 3.05) is 6.61 Å². The van der Waals surface area contributed by atoms with Gasteiger partial charge in [0.25, 0.3) is 0 Å². The molecular formula is C20H36O6. The van der Waals surface area contributed by atoms with E-state index < -0.39 is 30.1 Å². The smallest absolute Gasteiger partial charge is 0.434 e. The fourth-order valence-electron chi connectivity index (χ4n) is 2.87. The molecule has 6 nitrogen and oxygen atoms in total. The third kappa shape index (κ3) is 10.5. The second-order valence-electron chi connectivity index (χ2n) is 8.40. The van der Waals surface area contributed by atoms with Crippen LogP contribution in [-0.4, -0.2) is 36.7 Å². The maximum Gasteiger partial charge on any atom is 0.509 e. The Bertz CT molecular complexity index is 427. The molecule has 0 spiro atoms. The Morgan fingerprint density at radius 3 is 2.04 bits per heavy atom. The van der Waals surface area contributed by atoms with Crippen LogP contribution in [-0.2, 0) is 18.9 Å². The third-order valence-electron chi connectivity index (χ3n) is 4.17. The first-order valence-corrected chi connectivity index (χ1v) is 9.90. The number of carbonyl (C=O) groups excluding carboxylic acids is 2. The molecule has 0 aromatic carbocycles. The van der Waals surface area contributed by atoms with Crippen LogP contribution in [0.5, 0.6) is 0 Å². The highest BCUT2D eigenvalue weighted by Crippen LogP contribution is 2.25. The Kier molecular flexibility index (Phi) is 9.81. The maximum atomic E-state index is 11.9. The molecule has 0 heterocycles. The molecule has 0 bridgehead atoms. The summed E-state index contributed by atoms with van der Waals surface area (Å²) in [6, 6.07) is 0. The SMILES string of the molecule is CC(C)CCCCCOC(=O)OC1CCCCC1OC(=O)OC(C)(C)C. The number of ether oxygens (including phenoxy) is 4. The highest BCUT2D eigenvalue weighted by atomic mass is 16.8. The number of unbranched alkanes of at least 4 members (excludes halogenated alkanes) is 2. The predicted molar refractivity (Wildman–Crippen MR) is 99.1 cm³/mol. The van der Waals surface area contributed by atoms with Gasteiger partial charge in [-0.2, -0.15) is 0 Å². The summed E-state index contributed by atoms with van der Waals surface area (Å²) in [7, 11) is 0. The Morgan fingerprint density at radius 2 is 1.50 bits per heavy atom. The lowest BCUT2D eigenvalue weighted by Crippen LogP contribution is -2.39. The molecular weight excluding hydrogens is 336 g/mol. The normalized spacial score (nSPS) is 20.5. The molecule has 0 radical (unpaired) electrons. The van der Waals surface area contributed by atoms with E-state index in [0.717, 1.165) is 32.1 Å². The van der Waals surface area contributed by atoms with E-state index in [2.05, 4.69) is 13.8 Å². The molecule has 1 aliphatic rings. The van der Waals surface area contributed by atoms with Crippen LogP contribution in [0.3, 0.4) is 0 Å². The second-order valence-corrected chi connectivity index (χ2v) is 8.40. The molecule has 2 atom stereocenters. The summed E-state index contributed by atoms with van der Waals surface area (Å²) >= 11 is 0. The summed E-state index contributed by atoms with van der Waals surface area (Å²) < 4.78 is 21.1. The van der Waals surface area contributed by atoms with Crippen molar-refractivity contribution >= 4 is 12.3 Å². The molecule has 1 fully saturated rings. The van der Waals surface area contributed by atoms with Crippen LogP contribution in [0.2, 0.25) is 0 Å². The molecule has 0 amide bonds. The minimum absolute atomic E-state index is 0.362. The molecule has 1 saturated carbocycles. The van der Waals surface area contributed by atoms with Gasteiger partial charge in [0.1, 0.15) is 17.8 Å². The van der Waals surface area contributed by atoms with E-state index in [1.165, 1.54) is 6.42 Å². The minimum Gasteiger partial charge on any atom is -0.434 e. The van der Waals surface area contributed by atoms with E-state index in [-0.39, 0.29) is 0 Å². The van der Waals surface area contributed by atoms with E-state index in [4.69, 9.17) is 18.9 Å². The Labute approximate surface area is 157 Å². The van der Waals surface area contributed by atoms with Crippen LogP contribution >= 0.6 is 0 Å². The van der Waals surface area contributed by atoms with E-state index >= 15 is 0 Å². The molecule has 2 unspecified atom stereocenters. The summed E-state index contributed by atoms with van der Waals surface area (Å²) in [4.78, 5) is 23.8. The molecule has 1 aliphatic carbocycles. The van der Waals surface area contributed by atoms with Gasteiger partial charge in [-0.3, -0.25) is 0 Å². The van der Waals surface area contributed by atoms with Crippen LogP contribution in [0.15, 0.2) is 0 Å². The fraction of sp³-hybridized carbons (Fsp3) is 0.900. The Balaban J connectivity index is 2.30. The van der Waals surface area contributed by atoms with Gasteiger partial charge in [0.05, 0.1) is 6.61 Å². The largest absolute Gasteiger partial charge is 0.509 e. The van der Waals surface area contributed by atoms with Gasteiger partial charge in [-0.05, 0) is 58.8 Å². The number of hydrogen-bond acceptors (Lipinski definition) is 6. The molecule has 0 aliphatic heterocycles. The summed E-state index contributed by atoms with van der Waals surface area (Å²) in [5.74, 6) is 0.703. The van der Waals surface area contributed by atoms with Crippen molar-refractivity contribution in [1.82, 2.24) is 0 Å². The van der Waals surface area contributed by atoms with Gasteiger partial charge in [0.2, 0.25) is 0 Å². The molecule has 6 heteroatoms. The van der Waals surface area contributed by atoms with Crippen molar-refractivity contribution in [3.63, 3.8) is 0 Å². The first kappa shape index (κ1) is 22.6. The topological polar surface area (TPSA) is 71.1 Å². The highest BCUT2D eigenvalue weighted by Gasteiger charge is 2.33. The molecule has 1 rings (SSSR count). The van der Waals surface area contributed by atoms with Crippen molar-refractivity contribution in [2.45, 2.75) is 104 Å². The van der Waals surface area contributed by atoms with Crippen molar-refractivity contribution < 1.29 is 28.5 Å². The van der Waals surface area contributed by atoms with Crippen LogP contribution in [0.25, 0.3) is 0 Å². The maximum absolute atomic E-state index is 11.9. The van der Waals surface area contributed by atoms with Crippen molar-refractivity contribution in [1.29, 1.82) is 0 Å². The van der Waals surface area contributed by atoms with Gasteiger partial charge in [0, 0.05) is 0 Å². The van der Waals surface area contributed by atoms with Crippen molar-refractivity contribution in [3.05, 3.63) is 0 Å². The lowest BCUT2D eigenvalue weighted by Gasteiger charge is -2.31. The first-order chi connectivity index (χ1) is 12.2. The van der Waals surface area contributed by atoms with Crippen LogP contribution in [0, 0.1) is 5.92 Å². The molecule has 0 saturated heterocycles. The van der Waals surface area contributed by atoms with Crippen LogP contribution in [0.4, 0.5) is 9.59 Å². The zero-order valence-corrected chi connectivity index (χ0v) is 17.0. The van der Waals surface area contributed by atoms with Crippen LogP contribution in [0.1, 0.15) is 86.0 Å². The fourth-order valence-corrected chi connectivity index (χ4v) is 2.87. The average molecular weight is 373 g/mol. The number of carbonyl (C=O) groups is 2. The minimum atomic E-state index is -0.725. The summed E-state index contributed by atoms with van der Waals surface area (Å²) in [6.45, 7) is 10.1. The second kappa shape index (κ2) is 11.3. The third-order valence-corrected chi connectivity index (χ3v) is 4.17. The first-order valence-electron chi connectivity index (χ1n) is 9.90. The number of hydrogen-bond donors (Lipinski definition) is 0. The zero-order chi connectivity index (χ0) is 19.6. The van der Waals surface area contributed by atoms with Gasteiger partial charge in [-0.1, -0.05) is 33.1 Å². The highest BCUT2D eigenvalue weighted by molar-refractivity contribution is 5.61. The molecule has 152 valence electrons. The zero-order valence-electron chi connectivity index (χ0n) is 17.0. The van der Waals surface area contributed by atoms with Crippen molar-refractivity contribution in [2.24, 2.45) is 5.92 Å². The predicted octanol–water partition coefficient (Wildman–Crippen LogP) is 5.62. The summed E-state index contributed by atoms with van der Waals surface area (Å²) in [5.41, 5.74) is -0.614. The quantitative estimate of drug-likeness (QED) is 0.407. The molecule has 0 aromatic rings. The summed E-state index contributed by atoms with van der Waals surface area (Å²) in [6.07, 6.45) is 5.05. The van der Waals surface area contributed by atoms with E-state index in [0.29, 0.717) is 25.4 Å². The van der Waals surface area contributed by atoms with Crippen molar-refractivity contribution in [3.8, 4) is 0 Å². The van der Waals surface area contributed by atoms with Gasteiger partial charge in [-0.25, -0.2) is 9.59 Å². The average Bonchev–Trinajstić information content (AvgIpc) is 2.50.